The van der Waals surface area contributed by atoms with Gasteiger partial charge in [-0.3, -0.25) is 0 Å². The summed E-state index contributed by atoms with van der Waals surface area (Å²) in [4.78, 5) is 0. The molecule has 1 heterocycles. The van der Waals surface area contributed by atoms with Crippen molar-refractivity contribution in [1.29, 1.82) is 0 Å². The van der Waals surface area contributed by atoms with E-state index >= 15 is 0 Å². The Kier molecular flexibility index (Phi) is 4.37. The summed E-state index contributed by atoms with van der Waals surface area (Å²) in [5.74, 6) is 1.02. The van der Waals surface area contributed by atoms with Gasteiger partial charge in [-0.05, 0) is 31.9 Å². The average molecular weight is 247 g/mol. The predicted molar refractivity (Wildman–Crippen MR) is 73.3 cm³/mol. The van der Waals surface area contributed by atoms with Crippen LogP contribution in [0.15, 0.2) is 24.3 Å². The SMILES string of the molecule is CCCCC[n+]1c(CO)n(CC)c2ccccc21. The monoisotopic (exact) mass is 247 g/mol. The van der Waals surface area contributed by atoms with Crippen molar-refractivity contribution in [2.24, 2.45) is 0 Å². The molecule has 3 heteroatoms. The third kappa shape index (κ3) is 2.27. The second kappa shape index (κ2) is 6.01. The normalized spacial score (nSPS) is 11.3. The van der Waals surface area contributed by atoms with E-state index in [0.717, 1.165) is 18.9 Å². The fraction of sp³-hybridized carbons (Fsp3) is 0.533. The molecule has 0 aliphatic heterocycles. The molecule has 0 radical (unpaired) electrons. The van der Waals surface area contributed by atoms with Crippen LogP contribution in [0.3, 0.4) is 0 Å². The van der Waals surface area contributed by atoms with E-state index in [1.807, 2.05) is 0 Å². The molecule has 18 heavy (non-hydrogen) atoms. The number of aliphatic hydroxyl groups is 1. The van der Waals surface area contributed by atoms with Gasteiger partial charge >= 0.3 is 0 Å². The number of fused-ring (bicyclic) bond motifs is 1. The molecular weight excluding hydrogens is 224 g/mol. The summed E-state index contributed by atoms with van der Waals surface area (Å²) in [6.45, 7) is 6.35. The first-order chi connectivity index (χ1) is 8.83. The van der Waals surface area contributed by atoms with Crippen molar-refractivity contribution in [3.05, 3.63) is 30.1 Å². The van der Waals surface area contributed by atoms with Crippen LogP contribution in [0.5, 0.6) is 0 Å². The van der Waals surface area contributed by atoms with Crippen molar-refractivity contribution in [2.75, 3.05) is 0 Å². The standard InChI is InChI=1S/C15H23N2O/c1-3-5-8-11-17-14-10-7-6-9-13(14)16(4-2)15(17)12-18/h6-7,9-10,18H,3-5,8,11-12H2,1-2H3/q+1. The lowest BCUT2D eigenvalue weighted by Crippen LogP contribution is -2.38. The van der Waals surface area contributed by atoms with Gasteiger partial charge in [-0.25, -0.2) is 9.13 Å². The van der Waals surface area contributed by atoms with Gasteiger partial charge in [-0.1, -0.05) is 25.5 Å². The molecule has 1 aromatic carbocycles. The largest absolute Gasteiger partial charge is 0.384 e. The lowest BCUT2D eigenvalue weighted by molar-refractivity contribution is -0.682. The summed E-state index contributed by atoms with van der Waals surface area (Å²) < 4.78 is 4.48. The fourth-order valence-electron chi connectivity index (χ4n) is 2.64. The fourth-order valence-corrected chi connectivity index (χ4v) is 2.64. The number of aliphatic hydroxyl groups excluding tert-OH is 1. The Labute approximate surface area is 109 Å². The zero-order valence-electron chi connectivity index (χ0n) is 11.4. The Balaban J connectivity index is 2.47. The van der Waals surface area contributed by atoms with Crippen molar-refractivity contribution in [2.45, 2.75) is 52.8 Å². The van der Waals surface area contributed by atoms with Crippen LogP contribution in [-0.4, -0.2) is 9.67 Å². The van der Waals surface area contributed by atoms with Crippen molar-refractivity contribution in [3.63, 3.8) is 0 Å². The van der Waals surface area contributed by atoms with Crippen molar-refractivity contribution in [3.8, 4) is 0 Å². The summed E-state index contributed by atoms with van der Waals surface area (Å²) in [7, 11) is 0. The van der Waals surface area contributed by atoms with Crippen LogP contribution >= 0.6 is 0 Å². The number of hydrogen-bond acceptors (Lipinski definition) is 1. The molecule has 98 valence electrons. The third-order valence-corrected chi connectivity index (χ3v) is 3.53. The number of imidazole rings is 1. The molecule has 2 aromatic rings. The van der Waals surface area contributed by atoms with Gasteiger partial charge in [0.1, 0.15) is 6.61 Å². The van der Waals surface area contributed by atoms with Crippen LogP contribution in [-0.2, 0) is 19.7 Å². The number of hydrogen-bond donors (Lipinski definition) is 1. The van der Waals surface area contributed by atoms with Crippen LogP contribution in [0.4, 0.5) is 0 Å². The van der Waals surface area contributed by atoms with E-state index in [1.54, 1.807) is 0 Å². The number of nitrogens with zero attached hydrogens (tertiary/aromatic N) is 2. The first-order valence-corrected chi connectivity index (χ1v) is 6.94. The summed E-state index contributed by atoms with van der Waals surface area (Å²) in [5.41, 5.74) is 2.46. The van der Waals surface area contributed by atoms with E-state index in [2.05, 4.69) is 47.2 Å². The van der Waals surface area contributed by atoms with Crippen LogP contribution < -0.4 is 4.57 Å². The maximum Gasteiger partial charge on any atom is 0.283 e. The van der Waals surface area contributed by atoms with Gasteiger partial charge in [0.05, 0.1) is 13.1 Å². The summed E-state index contributed by atoms with van der Waals surface area (Å²) in [6, 6.07) is 8.41. The third-order valence-electron chi connectivity index (χ3n) is 3.53. The first-order valence-electron chi connectivity index (χ1n) is 6.94. The second-order valence-corrected chi connectivity index (χ2v) is 4.67. The summed E-state index contributed by atoms with van der Waals surface area (Å²) in [5, 5.41) is 9.65. The topological polar surface area (TPSA) is 29.0 Å². The van der Waals surface area contributed by atoms with Crippen LogP contribution in [0, 0.1) is 0 Å². The van der Waals surface area contributed by atoms with Crippen molar-refractivity contribution in [1.82, 2.24) is 4.57 Å². The quantitative estimate of drug-likeness (QED) is 0.617. The molecule has 0 atom stereocenters. The van der Waals surface area contributed by atoms with E-state index in [1.165, 1.54) is 30.3 Å². The maximum absolute atomic E-state index is 9.65. The summed E-state index contributed by atoms with van der Waals surface area (Å²) >= 11 is 0. The molecule has 1 aromatic heterocycles. The molecule has 0 amide bonds. The minimum absolute atomic E-state index is 0.106. The lowest BCUT2D eigenvalue weighted by atomic mass is 10.2. The first kappa shape index (κ1) is 13.1. The Morgan fingerprint density at radius 3 is 2.61 bits per heavy atom. The Morgan fingerprint density at radius 1 is 1.17 bits per heavy atom. The minimum Gasteiger partial charge on any atom is -0.384 e. The highest BCUT2D eigenvalue weighted by Crippen LogP contribution is 2.15. The van der Waals surface area contributed by atoms with Crippen LogP contribution in [0.1, 0.15) is 38.9 Å². The van der Waals surface area contributed by atoms with E-state index in [0.29, 0.717) is 0 Å². The zero-order chi connectivity index (χ0) is 13.0. The van der Waals surface area contributed by atoms with Gasteiger partial charge in [0.15, 0.2) is 11.0 Å². The van der Waals surface area contributed by atoms with Crippen LogP contribution in [0.25, 0.3) is 11.0 Å². The Bertz CT molecular complexity index is 516. The van der Waals surface area contributed by atoms with Gasteiger partial charge in [0.25, 0.3) is 5.82 Å². The molecule has 0 unspecified atom stereocenters. The number of unbranched alkanes of at least 4 members (excludes halogenated alkanes) is 2. The van der Waals surface area contributed by atoms with Gasteiger partial charge < -0.3 is 5.11 Å². The van der Waals surface area contributed by atoms with Gasteiger partial charge in [-0.15, -0.1) is 0 Å². The van der Waals surface area contributed by atoms with Crippen molar-refractivity contribution >= 4 is 11.0 Å². The predicted octanol–water partition coefficient (Wildman–Crippen LogP) is 2.63. The molecule has 0 bridgehead atoms. The number of aryl methyl sites for hydroxylation is 2. The molecule has 0 spiro atoms. The molecule has 0 aliphatic rings. The zero-order valence-corrected chi connectivity index (χ0v) is 11.4. The number of benzene rings is 1. The minimum atomic E-state index is 0.106. The van der Waals surface area contributed by atoms with E-state index in [4.69, 9.17) is 0 Å². The van der Waals surface area contributed by atoms with Gasteiger partial charge in [0, 0.05) is 0 Å². The number of rotatable bonds is 6. The number of aromatic nitrogens is 2. The Hall–Kier alpha value is -1.35. The van der Waals surface area contributed by atoms with E-state index < -0.39 is 0 Å². The highest BCUT2D eigenvalue weighted by Gasteiger charge is 2.22. The summed E-state index contributed by atoms with van der Waals surface area (Å²) in [6.07, 6.45) is 3.64. The molecule has 2 rings (SSSR count). The number of para-hydroxylation sites is 2. The highest BCUT2D eigenvalue weighted by molar-refractivity contribution is 5.72. The molecule has 0 aliphatic carbocycles. The lowest BCUT2D eigenvalue weighted by Gasteiger charge is -2.01. The molecule has 1 N–H and O–H groups in total. The smallest absolute Gasteiger partial charge is 0.283 e. The Morgan fingerprint density at radius 2 is 1.94 bits per heavy atom. The highest BCUT2D eigenvalue weighted by atomic mass is 16.3. The molecule has 0 saturated heterocycles. The van der Waals surface area contributed by atoms with Crippen LogP contribution in [0.2, 0.25) is 0 Å². The van der Waals surface area contributed by atoms with Crippen molar-refractivity contribution < 1.29 is 9.67 Å². The van der Waals surface area contributed by atoms with E-state index in [9.17, 15) is 5.11 Å². The second-order valence-electron chi connectivity index (χ2n) is 4.67. The molecular formula is C15H23N2O+. The average Bonchev–Trinajstić information content (AvgIpc) is 2.72. The molecule has 0 fully saturated rings. The molecule has 3 nitrogen and oxygen atoms in total. The van der Waals surface area contributed by atoms with Gasteiger partial charge in [0.2, 0.25) is 0 Å². The molecule has 0 saturated carbocycles. The van der Waals surface area contributed by atoms with E-state index in [-0.39, 0.29) is 6.61 Å². The van der Waals surface area contributed by atoms with Gasteiger partial charge in [-0.2, -0.15) is 0 Å². The maximum atomic E-state index is 9.65.